The number of rotatable bonds is 6. The maximum Gasteiger partial charge on any atom is 0.0861 e. The molecule has 0 aliphatic heterocycles. The van der Waals surface area contributed by atoms with Crippen molar-refractivity contribution in [2.24, 2.45) is 0 Å². The van der Waals surface area contributed by atoms with Crippen LogP contribution in [0.2, 0.25) is 0 Å². The van der Waals surface area contributed by atoms with Crippen molar-refractivity contribution in [3.63, 3.8) is 0 Å². The van der Waals surface area contributed by atoms with Crippen LogP contribution in [0.3, 0.4) is 0 Å². The number of thioether (sulfide) groups is 1. The van der Waals surface area contributed by atoms with E-state index in [4.69, 9.17) is 15.3 Å². The second-order valence-corrected chi connectivity index (χ2v) is 5.11. The van der Waals surface area contributed by atoms with Gasteiger partial charge in [-0.2, -0.15) is 11.8 Å². The molecular formula is C8H18O3S. The van der Waals surface area contributed by atoms with Gasteiger partial charge in [-0.1, -0.05) is 13.8 Å². The van der Waals surface area contributed by atoms with E-state index in [1.165, 1.54) is 0 Å². The van der Waals surface area contributed by atoms with Crippen LogP contribution in [-0.2, 0) is 0 Å². The minimum atomic E-state index is -0.645. The van der Waals surface area contributed by atoms with Crippen molar-refractivity contribution in [2.45, 2.75) is 31.1 Å². The van der Waals surface area contributed by atoms with E-state index >= 15 is 0 Å². The van der Waals surface area contributed by atoms with Crippen molar-refractivity contribution in [1.82, 2.24) is 0 Å². The topological polar surface area (TPSA) is 60.7 Å². The van der Waals surface area contributed by atoms with Gasteiger partial charge in [-0.05, 0) is 6.42 Å². The molecule has 0 heterocycles. The first-order valence-corrected chi connectivity index (χ1v) is 5.04. The number of aliphatic hydroxyl groups is 3. The van der Waals surface area contributed by atoms with Crippen molar-refractivity contribution >= 4 is 11.8 Å². The summed E-state index contributed by atoms with van der Waals surface area (Å²) in [5.74, 6) is 0.517. The van der Waals surface area contributed by atoms with E-state index in [1.807, 2.05) is 13.8 Å². The smallest absolute Gasteiger partial charge is 0.0861 e. The molecule has 0 rings (SSSR count). The average molecular weight is 194 g/mol. The van der Waals surface area contributed by atoms with Gasteiger partial charge in [-0.15, -0.1) is 0 Å². The summed E-state index contributed by atoms with van der Waals surface area (Å²) < 4.78 is -0.0229. The molecule has 0 aliphatic carbocycles. The number of aliphatic hydroxyl groups excluding tert-OH is 3. The fourth-order valence-corrected chi connectivity index (χ4v) is 1.70. The molecule has 0 radical (unpaired) electrons. The molecule has 3 N–H and O–H groups in total. The minimum Gasteiger partial charge on any atom is -0.396 e. The Labute approximate surface area is 77.8 Å². The molecule has 0 aromatic rings. The molecule has 0 fully saturated rings. The van der Waals surface area contributed by atoms with Crippen LogP contribution in [0.25, 0.3) is 0 Å². The normalized spacial score (nSPS) is 14.8. The van der Waals surface area contributed by atoms with Crippen LogP contribution < -0.4 is 0 Å². The summed E-state index contributed by atoms with van der Waals surface area (Å²) in [6.45, 7) is 3.99. The van der Waals surface area contributed by atoms with E-state index < -0.39 is 6.10 Å². The Kier molecular flexibility index (Phi) is 5.92. The monoisotopic (exact) mass is 194 g/mol. The molecular weight excluding hydrogens is 176 g/mol. The summed E-state index contributed by atoms with van der Waals surface area (Å²) in [4.78, 5) is 0. The standard InChI is InChI=1S/C8H18O3S/c1-8(2,3-4-9)12-6-7(11)5-10/h7,9-11H,3-6H2,1-2H3. The van der Waals surface area contributed by atoms with Crippen molar-refractivity contribution in [3.05, 3.63) is 0 Å². The first-order chi connectivity index (χ1) is 5.52. The van der Waals surface area contributed by atoms with E-state index in [0.29, 0.717) is 12.2 Å². The molecule has 74 valence electrons. The van der Waals surface area contributed by atoms with Crippen molar-refractivity contribution in [2.75, 3.05) is 19.0 Å². The van der Waals surface area contributed by atoms with Gasteiger partial charge >= 0.3 is 0 Å². The summed E-state index contributed by atoms with van der Waals surface area (Å²) in [5.41, 5.74) is 0. The quantitative estimate of drug-likeness (QED) is 0.566. The lowest BCUT2D eigenvalue weighted by Crippen LogP contribution is -2.23. The summed E-state index contributed by atoms with van der Waals surface area (Å²) in [6.07, 6.45) is 0.0588. The van der Waals surface area contributed by atoms with Crippen LogP contribution in [-0.4, -0.2) is 45.1 Å². The second kappa shape index (κ2) is 5.80. The van der Waals surface area contributed by atoms with Gasteiger partial charge in [0.15, 0.2) is 0 Å². The van der Waals surface area contributed by atoms with Crippen LogP contribution >= 0.6 is 11.8 Å². The molecule has 1 atom stereocenters. The van der Waals surface area contributed by atoms with E-state index in [2.05, 4.69) is 0 Å². The molecule has 3 nitrogen and oxygen atoms in total. The summed E-state index contributed by atoms with van der Waals surface area (Å²) in [7, 11) is 0. The molecule has 4 heteroatoms. The molecule has 0 bridgehead atoms. The van der Waals surface area contributed by atoms with Gasteiger partial charge in [0.05, 0.1) is 12.7 Å². The van der Waals surface area contributed by atoms with E-state index in [0.717, 1.165) is 0 Å². The fraction of sp³-hybridized carbons (Fsp3) is 1.00. The van der Waals surface area contributed by atoms with E-state index in [9.17, 15) is 0 Å². The lowest BCUT2D eigenvalue weighted by molar-refractivity contribution is 0.113. The SMILES string of the molecule is CC(C)(CCO)SCC(O)CO. The average Bonchev–Trinajstić information content (AvgIpc) is 2.00. The molecule has 0 saturated carbocycles. The van der Waals surface area contributed by atoms with Crippen LogP contribution in [0.15, 0.2) is 0 Å². The van der Waals surface area contributed by atoms with Crippen LogP contribution in [0, 0.1) is 0 Å². The Hall–Kier alpha value is 0.230. The second-order valence-electron chi connectivity index (χ2n) is 3.38. The van der Waals surface area contributed by atoms with Gasteiger partial charge < -0.3 is 15.3 Å². The number of hydrogen-bond donors (Lipinski definition) is 3. The largest absolute Gasteiger partial charge is 0.396 e. The van der Waals surface area contributed by atoms with Gasteiger partial charge in [0.1, 0.15) is 0 Å². The third-order valence-corrected chi connectivity index (χ3v) is 3.13. The van der Waals surface area contributed by atoms with Gasteiger partial charge in [0.25, 0.3) is 0 Å². The highest BCUT2D eigenvalue weighted by atomic mass is 32.2. The predicted octanol–water partition coefficient (Wildman–Crippen LogP) is 0.234. The third kappa shape index (κ3) is 5.83. The first-order valence-electron chi connectivity index (χ1n) is 4.05. The first kappa shape index (κ1) is 12.2. The number of hydrogen-bond acceptors (Lipinski definition) is 4. The van der Waals surface area contributed by atoms with Crippen molar-refractivity contribution in [3.8, 4) is 0 Å². The lowest BCUT2D eigenvalue weighted by atomic mass is 10.1. The zero-order valence-corrected chi connectivity index (χ0v) is 8.47. The zero-order chi connectivity index (χ0) is 9.61. The Balaban J connectivity index is 3.59. The Bertz CT molecular complexity index is 117. The lowest BCUT2D eigenvalue weighted by Gasteiger charge is -2.23. The Morgan fingerprint density at radius 2 is 1.92 bits per heavy atom. The Morgan fingerprint density at radius 1 is 1.33 bits per heavy atom. The minimum absolute atomic E-state index is 0.0229. The van der Waals surface area contributed by atoms with Crippen LogP contribution in [0.5, 0.6) is 0 Å². The molecule has 0 aromatic heterocycles. The maximum atomic E-state index is 9.06. The summed E-state index contributed by atoms with van der Waals surface area (Å²) in [5, 5.41) is 26.3. The van der Waals surface area contributed by atoms with Gasteiger partial charge in [-0.3, -0.25) is 0 Å². The van der Waals surface area contributed by atoms with Gasteiger partial charge in [-0.25, -0.2) is 0 Å². The molecule has 0 aromatic carbocycles. The van der Waals surface area contributed by atoms with Crippen molar-refractivity contribution < 1.29 is 15.3 Å². The highest BCUT2D eigenvalue weighted by Gasteiger charge is 2.18. The predicted molar refractivity (Wildman–Crippen MR) is 51.3 cm³/mol. The molecule has 0 aliphatic rings. The summed E-state index contributed by atoms with van der Waals surface area (Å²) >= 11 is 1.57. The third-order valence-electron chi connectivity index (χ3n) is 1.59. The van der Waals surface area contributed by atoms with Crippen LogP contribution in [0.1, 0.15) is 20.3 Å². The molecule has 1 unspecified atom stereocenters. The highest BCUT2D eigenvalue weighted by Crippen LogP contribution is 2.27. The van der Waals surface area contributed by atoms with Gasteiger partial charge in [0.2, 0.25) is 0 Å². The van der Waals surface area contributed by atoms with E-state index in [1.54, 1.807) is 11.8 Å². The van der Waals surface area contributed by atoms with E-state index in [-0.39, 0.29) is 18.0 Å². The molecule has 0 spiro atoms. The van der Waals surface area contributed by atoms with Gasteiger partial charge in [0, 0.05) is 17.1 Å². The molecule has 12 heavy (non-hydrogen) atoms. The fourth-order valence-electron chi connectivity index (χ4n) is 0.716. The zero-order valence-electron chi connectivity index (χ0n) is 7.66. The highest BCUT2D eigenvalue weighted by molar-refractivity contribution is 8.00. The van der Waals surface area contributed by atoms with Crippen molar-refractivity contribution in [1.29, 1.82) is 0 Å². The Morgan fingerprint density at radius 3 is 2.33 bits per heavy atom. The van der Waals surface area contributed by atoms with Crippen LogP contribution in [0.4, 0.5) is 0 Å². The summed E-state index contributed by atoms with van der Waals surface area (Å²) in [6, 6.07) is 0. The maximum absolute atomic E-state index is 9.06. The molecule has 0 amide bonds. The molecule has 0 saturated heterocycles.